The molecule has 0 fully saturated rings. The molecule has 5 heteroatoms. The van der Waals surface area contributed by atoms with Gasteiger partial charge in [0.05, 0.1) is 0 Å². The van der Waals surface area contributed by atoms with Gasteiger partial charge in [-0.2, -0.15) is 0 Å². The van der Waals surface area contributed by atoms with E-state index >= 15 is 0 Å². The van der Waals surface area contributed by atoms with Gasteiger partial charge in [0.25, 0.3) is 0 Å². The Labute approximate surface area is 154 Å². The number of nitrogens with one attached hydrogen (secondary N) is 1. The quantitative estimate of drug-likeness (QED) is 0.583. The molecule has 3 rings (SSSR count). The van der Waals surface area contributed by atoms with E-state index in [4.69, 9.17) is 5.73 Å². The smallest absolute Gasteiger partial charge is 0.237 e. The van der Waals surface area contributed by atoms with Gasteiger partial charge in [-0.15, -0.1) is 0 Å². The van der Waals surface area contributed by atoms with Gasteiger partial charge in [-0.1, -0.05) is 24.3 Å². The number of fused-ring (bicyclic) bond motifs is 1. The number of hydrogen-bond donors (Lipinski definition) is 2. The molecule has 0 atom stereocenters. The fourth-order valence-electron chi connectivity index (χ4n) is 3.40. The highest BCUT2D eigenvalue weighted by atomic mass is 16.1. The zero-order valence-corrected chi connectivity index (χ0v) is 15.2. The summed E-state index contributed by atoms with van der Waals surface area (Å²) in [6.45, 7) is 4.03. The number of nitrogens with two attached hydrogens (primary N) is 1. The van der Waals surface area contributed by atoms with Crippen molar-refractivity contribution >= 4 is 16.8 Å². The third-order valence-electron chi connectivity index (χ3n) is 4.74. The van der Waals surface area contributed by atoms with E-state index < -0.39 is 0 Å². The number of carbonyl (C=O) groups excluding carboxylic acids is 1. The van der Waals surface area contributed by atoms with Crippen LogP contribution >= 0.6 is 0 Å². The highest BCUT2D eigenvalue weighted by Gasteiger charge is 2.14. The summed E-state index contributed by atoms with van der Waals surface area (Å²) in [5.41, 5.74) is 9.98. The van der Waals surface area contributed by atoms with Gasteiger partial charge in [-0.3, -0.25) is 9.78 Å². The monoisotopic (exact) mass is 350 g/mol. The second-order valence-corrected chi connectivity index (χ2v) is 6.59. The van der Waals surface area contributed by atoms with Gasteiger partial charge in [0.2, 0.25) is 5.91 Å². The predicted octanol–water partition coefficient (Wildman–Crippen LogP) is 2.94. The highest BCUT2D eigenvalue weighted by molar-refractivity contribution is 5.87. The van der Waals surface area contributed by atoms with E-state index in [1.165, 1.54) is 10.9 Å². The van der Waals surface area contributed by atoms with Crippen molar-refractivity contribution in [2.45, 2.75) is 39.3 Å². The second kappa shape index (κ2) is 8.63. The molecule has 0 bridgehead atoms. The lowest BCUT2D eigenvalue weighted by Crippen LogP contribution is -2.20. The maximum atomic E-state index is 11.4. The lowest BCUT2D eigenvalue weighted by Gasteiger charge is -2.07. The number of pyridine rings is 1. The Hall–Kier alpha value is -2.66. The van der Waals surface area contributed by atoms with Crippen LogP contribution in [-0.4, -0.2) is 22.0 Å². The van der Waals surface area contributed by atoms with E-state index in [1.54, 1.807) is 0 Å². The van der Waals surface area contributed by atoms with Crippen molar-refractivity contribution in [2.24, 2.45) is 5.73 Å². The van der Waals surface area contributed by atoms with Crippen LogP contribution in [0.25, 0.3) is 10.9 Å². The van der Waals surface area contributed by atoms with Crippen molar-refractivity contribution in [3.8, 4) is 0 Å². The summed E-state index contributed by atoms with van der Waals surface area (Å²) in [5.74, 6) is -0.317. The number of unbranched alkanes of at least 4 members (excludes halogenated alkanes) is 1. The van der Waals surface area contributed by atoms with Gasteiger partial charge in [-0.05, 0) is 56.5 Å². The molecular weight excluding hydrogens is 324 g/mol. The summed E-state index contributed by atoms with van der Waals surface area (Å²) in [6, 6.07) is 14.2. The van der Waals surface area contributed by atoms with Gasteiger partial charge in [0.1, 0.15) is 6.54 Å². The third-order valence-corrected chi connectivity index (χ3v) is 4.74. The van der Waals surface area contributed by atoms with Gasteiger partial charge < -0.3 is 15.6 Å². The Kier molecular flexibility index (Phi) is 6.02. The number of rotatable bonds is 9. The van der Waals surface area contributed by atoms with E-state index in [0.717, 1.165) is 49.3 Å². The molecule has 26 heavy (non-hydrogen) atoms. The maximum absolute atomic E-state index is 11.4. The molecule has 5 nitrogen and oxygen atoms in total. The summed E-state index contributed by atoms with van der Waals surface area (Å²) in [6.07, 6.45) is 5.08. The molecule has 0 saturated carbocycles. The summed E-state index contributed by atoms with van der Waals surface area (Å²) in [7, 11) is 0. The van der Waals surface area contributed by atoms with Gasteiger partial charge >= 0.3 is 0 Å². The first-order valence-corrected chi connectivity index (χ1v) is 9.12. The van der Waals surface area contributed by atoms with Gasteiger partial charge in [-0.25, -0.2) is 0 Å². The van der Waals surface area contributed by atoms with Crippen molar-refractivity contribution < 1.29 is 4.79 Å². The van der Waals surface area contributed by atoms with E-state index in [0.29, 0.717) is 0 Å². The highest BCUT2D eigenvalue weighted by Crippen LogP contribution is 2.25. The lowest BCUT2D eigenvalue weighted by atomic mass is 10.1. The molecule has 0 unspecified atom stereocenters. The maximum Gasteiger partial charge on any atom is 0.237 e. The van der Waals surface area contributed by atoms with E-state index in [1.807, 2.05) is 41.1 Å². The van der Waals surface area contributed by atoms with Crippen LogP contribution in [0.1, 0.15) is 29.8 Å². The molecule has 2 aromatic heterocycles. The number of aryl methyl sites for hydroxylation is 1. The number of aromatic nitrogens is 2. The van der Waals surface area contributed by atoms with Crippen LogP contribution in [0.3, 0.4) is 0 Å². The molecule has 0 aliphatic heterocycles. The molecule has 0 saturated heterocycles. The van der Waals surface area contributed by atoms with E-state index in [-0.39, 0.29) is 12.5 Å². The average Bonchev–Trinajstić information content (AvgIpc) is 2.90. The summed E-state index contributed by atoms with van der Waals surface area (Å²) in [4.78, 5) is 15.8. The first kappa shape index (κ1) is 18.1. The topological polar surface area (TPSA) is 72.9 Å². The van der Waals surface area contributed by atoms with Crippen molar-refractivity contribution in [3.63, 3.8) is 0 Å². The zero-order valence-electron chi connectivity index (χ0n) is 15.2. The first-order valence-electron chi connectivity index (χ1n) is 9.12. The average molecular weight is 350 g/mol. The molecule has 1 aromatic carbocycles. The molecule has 2 heterocycles. The summed E-state index contributed by atoms with van der Waals surface area (Å²) < 4.78 is 2.01. The fraction of sp³-hybridized carbons (Fsp3) is 0.333. The van der Waals surface area contributed by atoms with Crippen LogP contribution in [-0.2, 0) is 24.3 Å². The van der Waals surface area contributed by atoms with Crippen LogP contribution < -0.4 is 11.1 Å². The number of primary amides is 1. The van der Waals surface area contributed by atoms with Crippen molar-refractivity contribution in [3.05, 3.63) is 65.6 Å². The van der Waals surface area contributed by atoms with Crippen LogP contribution in [0.2, 0.25) is 0 Å². The van der Waals surface area contributed by atoms with Crippen molar-refractivity contribution in [1.29, 1.82) is 0 Å². The molecule has 1 amide bonds. The SMILES string of the molecule is Cc1c(CNCCCCc2ccccn2)c2ccccc2n1CC(N)=O. The Morgan fingerprint density at radius 3 is 2.73 bits per heavy atom. The molecule has 3 aromatic rings. The lowest BCUT2D eigenvalue weighted by molar-refractivity contribution is -0.118. The number of amides is 1. The normalized spacial score (nSPS) is 11.1. The minimum Gasteiger partial charge on any atom is -0.368 e. The number of carbonyl (C=O) groups is 1. The van der Waals surface area contributed by atoms with Crippen molar-refractivity contribution in [2.75, 3.05) is 6.54 Å². The molecular formula is C21H26N4O. The Balaban J connectivity index is 1.57. The number of benzene rings is 1. The van der Waals surface area contributed by atoms with E-state index in [9.17, 15) is 4.79 Å². The molecule has 0 aliphatic carbocycles. The summed E-state index contributed by atoms with van der Waals surface area (Å²) >= 11 is 0. The molecule has 0 spiro atoms. The minimum atomic E-state index is -0.317. The summed E-state index contributed by atoms with van der Waals surface area (Å²) in [5, 5.41) is 4.72. The fourth-order valence-corrected chi connectivity index (χ4v) is 3.40. The van der Waals surface area contributed by atoms with Crippen LogP contribution in [0.5, 0.6) is 0 Å². The van der Waals surface area contributed by atoms with Crippen LogP contribution in [0, 0.1) is 6.92 Å². The standard InChI is InChI=1S/C21H26N4O/c1-16-19(14-23-12-6-4-8-17-9-5-7-13-24-17)18-10-2-3-11-20(18)25(16)15-21(22)26/h2-3,5,7,9-11,13,23H,4,6,8,12,14-15H2,1H3,(H2,22,26). The van der Waals surface area contributed by atoms with Crippen LogP contribution in [0.4, 0.5) is 0 Å². The molecule has 0 aliphatic rings. The first-order chi connectivity index (χ1) is 12.7. The number of hydrogen-bond acceptors (Lipinski definition) is 3. The molecule has 136 valence electrons. The zero-order chi connectivity index (χ0) is 18.4. The third kappa shape index (κ3) is 4.29. The predicted molar refractivity (Wildman–Crippen MR) is 105 cm³/mol. The van der Waals surface area contributed by atoms with E-state index in [2.05, 4.69) is 29.4 Å². The number of para-hydroxylation sites is 1. The van der Waals surface area contributed by atoms with Crippen LogP contribution in [0.15, 0.2) is 48.7 Å². The second-order valence-electron chi connectivity index (χ2n) is 6.59. The number of nitrogens with zero attached hydrogens (tertiary/aromatic N) is 2. The molecule has 0 radical (unpaired) electrons. The Bertz CT molecular complexity index is 870. The van der Waals surface area contributed by atoms with Crippen molar-refractivity contribution in [1.82, 2.24) is 14.9 Å². The Morgan fingerprint density at radius 1 is 1.15 bits per heavy atom. The minimum absolute atomic E-state index is 0.219. The van der Waals surface area contributed by atoms with Gasteiger partial charge in [0.15, 0.2) is 0 Å². The largest absolute Gasteiger partial charge is 0.368 e. The van der Waals surface area contributed by atoms with Gasteiger partial charge in [0, 0.05) is 35.0 Å². The Morgan fingerprint density at radius 2 is 1.96 bits per heavy atom. The molecule has 3 N–H and O–H groups in total.